The molecule has 1 heterocycles. The lowest BCUT2D eigenvalue weighted by atomic mass is 10.1. The SMILES string of the molecule is CCCc1nc(C(O)CNC(C)Cc2ccc(OCC(=O)OC)cc2)cs1. The Morgan fingerprint density at radius 3 is 2.74 bits per heavy atom. The number of aliphatic hydroxyl groups excluding tert-OH is 1. The first-order valence-corrected chi connectivity index (χ1v) is 10.0. The summed E-state index contributed by atoms with van der Waals surface area (Å²) in [5, 5.41) is 16.7. The number of ether oxygens (including phenoxy) is 2. The molecule has 27 heavy (non-hydrogen) atoms. The number of thiazole rings is 1. The van der Waals surface area contributed by atoms with Crippen LogP contribution in [0.4, 0.5) is 0 Å². The molecule has 1 aromatic heterocycles. The summed E-state index contributed by atoms with van der Waals surface area (Å²) < 4.78 is 9.88. The summed E-state index contributed by atoms with van der Waals surface area (Å²) in [7, 11) is 1.33. The number of carbonyl (C=O) groups excluding carboxylic acids is 1. The Hall–Kier alpha value is -1.96. The lowest BCUT2D eigenvalue weighted by molar-refractivity contribution is -0.142. The number of aliphatic hydroxyl groups is 1. The Balaban J connectivity index is 1.75. The van der Waals surface area contributed by atoms with Crippen LogP contribution >= 0.6 is 11.3 Å². The van der Waals surface area contributed by atoms with Gasteiger partial charge in [0.1, 0.15) is 11.9 Å². The molecule has 7 heteroatoms. The van der Waals surface area contributed by atoms with Gasteiger partial charge in [-0.15, -0.1) is 11.3 Å². The van der Waals surface area contributed by atoms with Crippen LogP contribution < -0.4 is 10.1 Å². The van der Waals surface area contributed by atoms with Crippen molar-refractivity contribution in [2.45, 2.75) is 45.3 Å². The number of esters is 1. The van der Waals surface area contributed by atoms with Crippen molar-refractivity contribution in [1.29, 1.82) is 0 Å². The van der Waals surface area contributed by atoms with E-state index in [1.807, 2.05) is 29.6 Å². The molecule has 0 radical (unpaired) electrons. The van der Waals surface area contributed by atoms with Crippen LogP contribution in [0.1, 0.15) is 42.6 Å². The van der Waals surface area contributed by atoms with Crippen molar-refractivity contribution in [2.75, 3.05) is 20.3 Å². The molecule has 0 aliphatic rings. The second-order valence-electron chi connectivity index (χ2n) is 6.45. The minimum Gasteiger partial charge on any atom is -0.482 e. The number of aromatic nitrogens is 1. The van der Waals surface area contributed by atoms with E-state index in [-0.39, 0.29) is 12.6 Å². The molecule has 0 amide bonds. The maximum atomic E-state index is 11.1. The van der Waals surface area contributed by atoms with Crippen molar-refractivity contribution in [2.24, 2.45) is 0 Å². The Kier molecular flexibility index (Phi) is 8.71. The highest BCUT2D eigenvalue weighted by molar-refractivity contribution is 7.09. The van der Waals surface area contributed by atoms with Crippen molar-refractivity contribution in [1.82, 2.24) is 10.3 Å². The summed E-state index contributed by atoms with van der Waals surface area (Å²) in [6, 6.07) is 7.82. The van der Waals surface area contributed by atoms with E-state index in [0.29, 0.717) is 12.3 Å². The highest BCUT2D eigenvalue weighted by Crippen LogP contribution is 2.18. The third-order valence-corrected chi connectivity index (χ3v) is 5.01. The van der Waals surface area contributed by atoms with Gasteiger partial charge in [0.25, 0.3) is 0 Å². The van der Waals surface area contributed by atoms with Crippen LogP contribution in [0.2, 0.25) is 0 Å². The van der Waals surface area contributed by atoms with Gasteiger partial charge in [0, 0.05) is 18.0 Å². The van der Waals surface area contributed by atoms with Crippen LogP contribution in [-0.4, -0.2) is 42.4 Å². The second kappa shape index (κ2) is 11.0. The number of hydrogen-bond acceptors (Lipinski definition) is 7. The zero-order chi connectivity index (χ0) is 19.6. The van der Waals surface area contributed by atoms with Gasteiger partial charge in [0.15, 0.2) is 6.61 Å². The lowest BCUT2D eigenvalue weighted by Gasteiger charge is -2.16. The molecule has 2 N–H and O–H groups in total. The van der Waals surface area contributed by atoms with Gasteiger partial charge in [-0.3, -0.25) is 0 Å². The number of rotatable bonds is 11. The van der Waals surface area contributed by atoms with Crippen molar-refractivity contribution in [3.05, 3.63) is 45.9 Å². The van der Waals surface area contributed by atoms with Gasteiger partial charge >= 0.3 is 5.97 Å². The van der Waals surface area contributed by atoms with Gasteiger partial charge in [-0.1, -0.05) is 19.1 Å². The van der Waals surface area contributed by atoms with E-state index in [1.165, 1.54) is 7.11 Å². The molecule has 0 bridgehead atoms. The van der Waals surface area contributed by atoms with E-state index >= 15 is 0 Å². The van der Waals surface area contributed by atoms with Crippen LogP contribution in [0.15, 0.2) is 29.6 Å². The summed E-state index contributed by atoms with van der Waals surface area (Å²) >= 11 is 1.61. The van der Waals surface area contributed by atoms with Crippen LogP contribution in [0.3, 0.4) is 0 Å². The predicted octanol–water partition coefficient (Wildman–Crippen LogP) is 2.90. The summed E-state index contributed by atoms with van der Waals surface area (Å²) in [5.74, 6) is 0.226. The molecule has 2 unspecified atom stereocenters. The van der Waals surface area contributed by atoms with Crippen LogP contribution in [-0.2, 0) is 22.4 Å². The van der Waals surface area contributed by atoms with E-state index in [9.17, 15) is 9.90 Å². The largest absolute Gasteiger partial charge is 0.482 e. The summed E-state index contributed by atoms with van der Waals surface area (Å²) in [4.78, 5) is 15.6. The molecule has 0 fully saturated rings. The fraction of sp³-hybridized carbons (Fsp3) is 0.500. The zero-order valence-corrected chi connectivity index (χ0v) is 16.9. The molecule has 0 saturated carbocycles. The zero-order valence-electron chi connectivity index (χ0n) is 16.1. The molecule has 0 saturated heterocycles. The third-order valence-electron chi connectivity index (χ3n) is 4.08. The summed E-state index contributed by atoms with van der Waals surface area (Å²) in [6.07, 6.45) is 2.25. The topological polar surface area (TPSA) is 80.7 Å². The second-order valence-corrected chi connectivity index (χ2v) is 7.40. The molecule has 2 aromatic rings. The Morgan fingerprint density at radius 1 is 1.33 bits per heavy atom. The molecule has 2 rings (SSSR count). The third kappa shape index (κ3) is 7.28. The van der Waals surface area contributed by atoms with Gasteiger partial charge < -0.3 is 19.9 Å². The summed E-state index contributed by atoms with van der Waals surface area (Å²) in [6.45, 7) is 4.58. The minimum absolute atomic E-state index is 0.0950. The van der Waals surface area contributed by atoms with E-state index < -0.39 is 12.1 Å². The quantitative estimate of drug-likeness (QED) is 0.573. The van der Waals surface area contributed by atoms with Crippen LogP contribution in [0.25, 0.3) is 0 Å². The van der Waals surface area contributed by atoms with E-state index in [4.69, 9.17) is 4.74 Å². The summed E-state index contributed by atoms with van der Waals surface area (Å²) in [5.41, 5.74) is 1.89. The molecule has 0 spiro atoms. The average Bonchev–Trinajstić information content (AvgIpc) is 3.14. The van der Waals surface area contributed by atoms with E-state index in [2.05, 4.69) is 28.9 Å². The number of benzene rings is 1. The molecule has 1 aromatic carbocycles. The highest BCUT2D eigenvalue weighted by atomic mass is 32.1. The normalized spacial score (nSPS) is 13.2. The van der Waals surface area contributed by atoms with E-state index in [0.717, 1.165) is 35.5 Å². The molecule has 2 atom stereocenters. The molecule has 6 nitrogen and oxygen atoms in total. The van der Waals surface area contributed by atoms with Crippen molar-refractivity contribution in [3.8, 4) is 5.75 Å². The highest BCUT2D eigenvalue weighted by Gasteiger charge is 2.13. The predicted molar refractivity (Wildman–Crippen MR) is 106 cm³/mol. The van der Waals surface area contributed by atoms with Gasteiger partial charge in [-0.2, -0.15) is 0 Å². The lowest BCUT2D eigenvalue weighted by Crippen LogP contribution is -2.32. The number of nitrogens with zero attached hydrogens (tertiary/aromatic N) is 1. The van der Waals surface area contributed by atoms with Gasteiger partial charge in [0.2, 0.25) is 0 Å². The number of hydrogen-bond donors (Lipinski definition) is 2. The standard InChI is InChI=1S/C20H28N2O4S/c1-4-5-19-22-17(13-27-19)18(23)11-21-14(2)10-15-6-8-16(9-7-15)26-12-20(24)25-3/h6-9,13-14,18,21,23H,4-5,10-12H2,1-3H3. The fourth-order valence-electron chi connectivity index (χ4n) is 2.57. The first-order chi connectivity index (χ1) is 13.0. The average molecular weight is 393 g/mol. The molecule has 148 valence electrons. The Labute approximate surface area is 164 Å². The molecule has 0 aliphatic carbocycles. The van der Waals surface area contributed by atoms with E-state index in [1.54, 1.807) is 11.3 Å². The van der Waals surface area contributed by atoms with Gasteiger partial charge in [-0.25, -0.2) is 9.78 Å². The van der Waals surface area contributed by atoms with Crippen LogP contribution in [0, 0.1) is 0 Å². The minimum atomic E-state index is -0.594. The van der Waals surface area contributed by atoms with Crippen molar-refractivity contribution >= 4 is 17.3 Å². The fourth-order valence-corrected chi connectivity index (χ4v) is 3.52. The number of methoxy groups -OCH3 is 1. The molecular weight excluding hydrogens is 364 g/mol. The number of carbonyl (C=O) groups is 1. The monoisotopic (exact) mass is 392 g/mol. The van der Waals surface area contributed by atoms with Gasteiger partial charge in [-0.05, 0) is 43.9 Å². The smallest absolute Gasteiger partial charge is 0.343 e. The maximum absolute atomic E-state index is 11.1. The van der Waals surface area contributed by atoms with Crippen molar-refractivity contribution < 1.29 is 19.4 Å². The van der Waals surface area contributed by atoms with Gasteiger partial charge in [0.05, 0.1) is 17.8 Å². The molecule has 0 aliphatic heterocycles. The Morgan fingerprint density at radius 2 is 2.07 bits per heavy atom. The number of aryl methyl sites for hydroxylation is 1. The Bertz CT molecular complexity index is 702. The van der Waals surface area contributed by atoms with Crippen LogP contribution in [0.5, 0.6) is 5.75 Å². The first kappa shape index (κ1) is 21.3. The first-order valence-electron chi connectivity index (χ1n) is 9.16. The number of nitrogens with one attached hydrogen (secondary N) is 1. The van der Waals surface area contributed by atoms with Crippen molar-refractivity contribution in [3.63, 3.8) is 0 Å². The molecular formula is C20H28N2O4S. The maximum Gasteiger partial charge on any atom is 0.343 e.